The zero-order chi connectivity index (χ0) is 85.1. The van der Waals surface area contributed by atoms with Gasteiger partial charge >= 0.3 is 30.9 Å². The van der Waals surface area contributed by atoms with Crippen molar-refractivity contribution in [2.45, 2.75) is 37.8 Å². The van der Waals surface area contributed by atoms with Crippen LogP contribution >= 0.6 is 58.0 Å². The maximum Gasteiger partial charge on any atom is 0.416 e. The standard InChI is InChI=1S/C17H13ClF3N3O.C16H11ClF3N5O.C16H9ClF3N5.C14H8ClF3N2O.C12H6ClF3N2/c1-24(2)6-5-15(25)14-7-10(9-22)16(23-14)12-8-11(17(19,20)21)3-4-13(12)18;17-10-2-1-7(16(18,19)20)5-8(10)13-9(14(21)26)6-12(24-13)11-3-4-23-15(22)25-11;17-11-2-1-9(16(18,19)20)6-10(11)14-8(7-21)5-13(24-14)12-3-4-23-15(22)25-12;1-7(21)12-4-8(6-19)13(20-12)10-5-9(14(16,17)18)2-3-11(10)15;13-10-2-1-8(12(14,15)16)5-9(10)11-7(6-17)3-4-18-11/h3-8,23H,1-2H3;1-6,24H,(H2,21,26)(H2,22,23,25);1-6,24H,(H2,22,23,25);2-5,20H,1H3;1-5,18H/b6-5+;;;;. The van der Waals surface area contributed by atoms with E-state index in [1.54, 1.807) is 25.1 Å². The van der Waals surface area contributed by atoms with Crippen LogP contribution in [0.4, 0.5) is 77.8 Å². The van der Waals surface area contributed by atoms with E-state index < -0.39 is 70.4 Å². The van der Waals surface area contributed by atoms with Crippen molar-refractivity contribution in [2.75, 3.05) is 25.6 Å². The number of nitrogens with two attached hydrogens (primary N) is 3. The molecule has 0 spiro atoms. The number of nitrogen functional groups attached to an aromatic ring is 2. The Labute approximate surface area is 663 Å². The van der Waals surface area contributed by atoms with Gasteiger partial charge in [-0.15, -0.1) is 0 Å². The molecule has 0 fully saturated rings. The van der Waals surface area contributed by atoms with Crippen LogP contribution in [-0.4, -0.2) is 81.3 Å². The van der Waals surface area contributed by atoms with E-state index in [4.69, 9.17) is 85.7 Å². The van der Waals surface area contributed by atoms with Crippen molar-refractivity contribution in [3.8, 4) is 103 Å². The van der Waals surface area contributed by atoms with Crippen LogP contribution in [0.15, 0.2) is 164 Å². The van der Waals surface area contributed by atoms with Gasteiger partial charge in [-0.1, -0.05) is 58.0 Å². The highest BCUT2D eigenvalue weighted by Crippen LogP contribution is 2.44. The average Bonchev–Trinajstić information content (AvgIpc) is 1.68. The Bertz CT molecular complexity index is 5890. The third-order valence-corrected chi connectivity index (χ3v) is 17.3. The van der Waals surface area contributed by atoms with Gasteiger partial charge < -0.3 is 47.0 Å². The van der Waals surface area contributed by atoms with Crippen molar-refractivity contribution in [3.05, 3.63) is 256 Å². The molecular formula is C75H47Cl5F15N17O3. The van der Waals surface area contributed by atoms with E-state index in [1.165, 1.54) is 80.3 Å². The highest BCUT2D eigenvalue weighted by molar-refractivity contribution is 6.35. The fraction of sp³-hybridized carbons (Fsp3) is 0.107. The molecule has 1 amide bonds. The SMILES string of the molecule is CC(=O)c1cc(C#N)c(-c2cc(C(F)(F)F)ccc2Cl)[nH]1.CN(C)/C=C/C(=O)c1cc(C#N)c(-c2cc(C(F)(F)F)ccc2Cl)[nH]1.N#Cc1cc(-c2ccnc(N)n2)[nH]c1-c1cc(C(F)(F)F)ccc1Cl.N#Cc1cc[nH]c1-c1cc(C(F)(F)F)ccc1Cl.NC(=O)c1cc(-c2ccnc(N)n2)[nH]c1-c1cc(C(F)(F)F)ccc1Cl. The Morgan fingerprint density at radius 1 is 0.426 bits per heavy atom. The Kier molecular flexibility index (Phi) is 27.2. The topological polar surface area (TPSA) is 358 Å². The summed E-state index contributed by atoms with van der Waals surface area (Å²) in [5.74, 6) is -1.56. The van der Waals surface area contributed by atoms with Gasteiger partial charge in [-0.2, -0.15) is 86.9 Å². The molecule has 0 radical (unpaired) electrons. The number of hydrogen-bond donors (Lipinski definition) is 8. The molecule has 0 aliphatic rings. The number of benzene rings is 5. The summed E-state index contributed by atoms with van der Waals surface area (Å²) in [4.78, 5) is 66.2. The van der Waals surface area contributed by atoms with Gasteiger partial charge in [0.2, 0.25) is 17.7 Å². The average molecular weight is 1700 g/mol. The maximum absolute atomic E-state index is 13.0. The lowest BCUT2D eigenvalue weighted by molar-refractivity contribution is -0.138. The zero-order valence-corrected chi connectivity index (χ0v) is 61.9. The Morgan fingerprint density at radius 3 is 1.09 bits per heavy atom. The van der Waals surface area contributed by atoms with Gasteiger partial charge in [0.15, 0.2) is 5.78 Å². The molecule has 0 unspecified atom stereocenters. The number of rotatable bonds is 12. The molecule has 0 saturated heterocycles. The van der Waals surface area contributed by atoms with Crippen LogP contribution in [0.5, 0.6) is 0 Å². The van der Waals surface area contributed by atoms with Gasteiger partial charge in [0, 0.05) is 105 Å². The lowest BCUT2D eigenvalue weighted by Gasteiger charge is -2.10. The van der Waals surface area contributed by atoms with Crippen molar-refractivity contribution in [2.24, 2.45) is 5.73 Å². The van der Waals surface area contributed by atoms with E-state index in [1.807, 2.05) is 24.3 Å². The minimum atomic E-state index is -4.57. The molecule has 12 aromatic rings. The van der Waals surface area contributed by atoms with Gasteiger partial charge in [0.1, 0.15) is 24.3 Å². The summed E-state index contributed by atoms with van der Waals surface area (Å²) < 4.78 is 193. The monoisotopic (exact) mass is 1690 g/mol. The number of primary amides is 1. The van der Waals surface area contributed by atoms with Crippen molar-refractivity contribution in [1.29, 1.82) is 21.0 Å². The minimum absolute atomic E-state index is 0.00336. The quantitative estimate of drug-likeness (QED) is 0.0320. The third kappa shape index (κ3) is 21.8. The van der Waals surface area contributed by atoms with Gasteiger partial charge in [0.25, 0.3) is 5.91 Å². The molecule has 11 N–H and O–H groups in total. The summed E-state index contributed by atoms with van der Waals surface area (Å²) in [5.41, 5.74) is 15.1. The first-order valence-electron chi connectivity index (χ1n) is 31.7. The zero-order valence-electron chi connectivity index (χ0n) is 58.1. The molecule has 0 aliphatic heterocycles. The number of carbonyl (C=O) groups excluding carboxylic acids is 3. The predicted molar refractivity (Wildman–Crippen MR) is 397 cm³/mol. The van der Waals surface area contributed by atoms with E-state index in [2.05, 4.69) is 44.9 Å². The molecule has 7 aromatic heterocycles. The van der Waals surface area contributed by atoms with Crippen LogP contribution in [0.3, 0.4) is 0 Å². The Morgan fingerprint density at radius 2 is 0.748 bits per heavy atom. The van der Waals surface area contributed by atoms with Gasteiger partial charge in [-0.3, -0.25) is 14.4 Å². The molecule has 115 heavy (non-hydrogen) atoms. The van der Waals surface area contributed by atoms with Crippen LogP contribution in [0.25, 0.3) is 79.1 Å². The number of nitrogens with one attached hydrogen (secondary N) is 5. The van der Waals surface area contributed by atoms with Gasteiger partial charge in [0.05, 0.1) is 118 Å². The fourth-order valence-corrected chi connectivity index (χ4v) is 11.3. The van der Waals surface area contributed by atoms with Crippen molar-refractivity contribution < 1.29 is 80.2 Å². The molecule has 0 bridgehead atoms. The number of allylic oxidation sites excluding steroid dienone is 1. The summed E-state index contributed by atoms with van der Waals surface area (Å²) in [6, 6.07) is 31.8. The number of halogens is 20. The van der Waals surface area contributed by atoms with E-state index in [-0.39, 0.29) is 138 Å². The van der Waals surface area contributed by atoms with E-state index in [0.29, 0.717) is 22.8 Å². The smallest absolute Gasteiger partial charge is 0.383 e. The number of alkyl halides is 15. The second kappa shape index (κ2) is 35.8. The number of aromatic nitrogens is 9. The highest BCUT2D eigenvalue weighted by Gasteiger charge is 2.36. The van der Waals surface area contributed by atoms with Crippen LogP contribution in [0.2, 0.25) is 25.1 Å². The summed E-state index contributed by atoms with van der Waals surface area (Å²) >= 11 is 29.9. The number of carbonyl (C=O) groups is 3. The number of hydrogen-bond acceptors (Lipinski definition) is 14. The molecule has 0 saturated carbocycles. The molecule has 20 nitrogen and oxygen atoms in total. The predicted octanol–water partition coefficient (Wildman–Crippen LogP) is 20.9. The second-order valence-corrected chi connectivity index (χ2v) is 25.8. The molecule has 12 rings (SSSR count). The van der Waals surface area contributed by atoms with Crippen LogP contribution in [0.1, 0.15) is 88.3 Å². The Balaban J connectivity index is 0.000000181. The van der Waals surface area contributed by atoms with E-state index in [0.717, 1.165) is 84.9 Å². The molecule has 40 heteroatoms. The number of nitrogens with zero attached hydrogens (tertiary/aromatic N) is 9. The Hall–Kier alpha value is -13.0. The molecule has 0 aliphatic carbocycles. The van der Waals surface area contributed by atoms with Crippen molar-refractivity contribution >= 4 is 87.4 Å². The van der Waals surface area contributed by atoms with Crippen LogP contribution in [0, 0.1) is 45.3 Å². The number of aromatic amines is 5. The maximum atomic E-state index is 13.0. The number of nitriles is 4. The first-order chi connectivity index (χ1) is 53.8. The van der Waals surface area contributed by atoms with Crippen LogP contribution in [-0.2, 0) is 30.9 Å². The summed E-state index contributed by atoms with van der Waals surface area (Å²) in [7, 11) is 3.46. The molecule has 0 atom stereocenters. The fourth-order valence-electron chi connectivity index (χ4n) is 10.2. The molecule has 5 aromatic carbocycles. The minimum Gasteiger partial charge on any atom is -0.383 e. The van der Waals surface area contributed by atoms with Crippen molar-refractivity contribution in [3.63, 3.8) is 0 Å². The number of anilines is 2. The van der Waals surface area contributed by atoms with E-state index >= 15 is 0 Å². The first-order valence-corrected chi connectivity index (χ1v) is 33.6. The molecule has 590 valence electrons. The second-order valence-electron chi connectivity index (χ2n) is 23.7. The summed E-state index contributed by atoms with van der Waals surface area (Å²) in [6.45, 7) is 1.28. The number of Topliss-reactive ketones (excluding diaryl/α,β-unsaturated/α-hetero) is 1. The van der Waals surface area contributed by atoms with Crippen LogP contribution < -0.4 is 17.2 Å². The number of amides is 1. The summed E-state index contributed by atoms with van der Waals surface area (Å²) in [5, 5.41) is 36.8. The third-order valence-electron chi connectivity index (χ3n) is 15.6. The van der Waals surface area contributed by atoms with Gasteiger partial charge in [-0.05, 0) is 133 Å². The normalized spacial score (nSPS) is 11.4. The van der Waals surface area contributed by atoms with Gasteiger partial charge in [-0.25, -0.2) is 19.9 Å². The largest absolute Gasteiger partial charge is 0.416 e. The lowest BCUT2D eigenvalue weighted by Crippen LogP contribution is -2.11. The lowest BCUT2D eigenvalue weighted by atomic mass is 10.0. The number of ketones is 2. The summed E-state index contributed by atoms with van der Waals surface area (Å²) in [6.07, 6.45) is -15.5. The van der Waals surface area contributed by atoms with Crippen molar-refractivity contribution in [1.82, 2.24) is 49.8 Å². The highest BCUT2D eigenvalue weighted by atomic mass is 35.5. The molecule has 7 heterocycles. The number of H-pyrrole nitrogens is 5. The molecular weight excluding hydrogens is 1650 g/mol. The first kappa shape index (κ1) is 87.5. The van der Waals surface area contributed by atoms with E-state index in [9.17, 15) is 90.8 Å².